The molecule has 0 atom stereocenters. The molecule has 1 rings (SSSR count). The molecule has 0 unspecified atom stereocenters. The molecule has 0 bridgehead atoms. The number of nitrogens with zero attached hydrogens (tertiary/aromatic N) is 3. The van der Waals surface area contributed by atoms with E-state index in [1.54, 1.807) is 6.07 Å². The molecular weight excluding hydrogens is 263 g/mol. The van der Waals surface area contributed by atoms with Crippen LogP contribution < -0.4 is 4.90 Å². The minimum absolute atomic E-state index is 0.127. The van der Waals surface area contributed by atoms with Crippen LogP contribution in [0.4, 0.5) is 24.5 Å². The zero-order chi connectivity index (χ0) is 14.6. The highest BCUT2D eigenvalue weighted by Gasteiger charge is 2.27. The fourth-order valence-corrected chi connectivity index (χ4v) is 1.43. The van der Waals surface area contributed by atoms with Crippen molar-refractivity contribution < 1.29 is 18.1 Å². The van der Waals surface area contributed by atoms with Crippen LogP contribution in [0.3, 0.4) is 0 Å². The molecule has 0 fully saturated rings. The monoisotopic (exact) mass is 273 g/mol. The first-order chi connectivity index (χ1) is 8.74. The van der Waals surface area contributed by atoms with Gasteiger partial charge in [0.2, 0.25) is 0 Å². The second-order valence-corrected chi connectivity index (χ2v) is 3.86. The summed E-state index contributed by atoms with van der Waals surface area (Å²) >= 11 is 0. The van der Waals surface area contributed by atoms with Crippen molar-refractivity contribution in [3.8, 4) is 6.07 Å². The molecule has 0 saturated carbocycles. The summed E-state index contributed by atoms with van der Waals surface area (Å²) in [6, 6.07) is 5.35. The van der Waals surface area contributed by atoms with Crippen LogP contribution in [0.2, 0.25) is 0 Å². The summed E-state index contributed by atoms with van der Waals surface area (Å²) in [5, 5.41) is 19.4. The van der Waals surface area contributed by atoms with E-state index >= 15 is 0 Å². The molecule has 0 amide bonds. The van der Waals surface area contributed by atoms with Crippen molar-refractivity contribution in [1.29, 1.82) is 5.26 Å². The van der Waals surface area contributed by atoms with Crippen molar-refractivity contribution in [3.05, 3.63) is 33.9 Å². The van der Waals surface area contributed by atoms with E-state index < -0.39 is 23.2 Å². The average Bonchev–Trinajstić information content (AvgIpc) is 2.34. The molecule has 102 valence electrons. The SMILES string of the molecule is CN(CCC(F)(F)F)c1ccc(C#N)c([N+](=O)[O-])c1. The fourth-order valence-electron chi connectivity index (χ4n) is 1.43. The van der Waals surface area contributed by atoms with Gasteiger partial charge in [-0.2, -0.15) is 18.4 Å². The van der Waals surface area contributed by atoms with Crippen molar-refractivity contribution in [3.63, 3.8) is 0 Å². The van der Waals surface area contributed by atoms with Gasteiger partial charge in [-0.3, -0.25) is 10.1 Å². The zero-order valence-corrected chi connectivity index (χ0v) is 9.94. The van der Waals surface area contributed by atoms with Crippen molar-refractivity contribution in [2.75, 3.05) is 18.5 Å². The van der Waals surface area contributed by atoms with E-state index in [0.29, 0.717) is 0 Å². The lowest BCUT2D eigenvalue weighted by Crippen LogP contribution is -2.24. The van der Waals surface area contributed by atoms with Crippen LogP contribution in [-0.4, -0.2) is 24.7 Å². The Balaban J connectivity index is 2.93. The van der Waals surface area contributed by atoms with Gasteiger partial charge in [0.05, 0.1) is 11.3 Å². The molecular formula is C11H10F3N3O2. The minimum atomic E-state index is -4.28. The maximum atomic E-state index is 12.1. The second-order valence-electron chi connectivity index (χ2n) is 3.86. The van der Waals surface area contributed by atoms with Crippen LogP contribution in [0.5, 0.6) is 0 Å². The maximum absolute atomic E-state index is 12.1. The fraction of sp³-hybridized carbons (Fsp3) is 0.364. The third-order valence-electron chi connectivity index (χ3n) is 2.47. The third kappa shape index (κ3) is 4.13. The lowest BCUT2D eigenvalue weighted by atomic mass is 10.1. The lowest BCUT2D eigenvalue weighted by Gasteiger charge is -2.20. The van der Waals surface area contributed by atoms with Gasteiger partial charge in [0.25, 0.3) is 5.69 Å². The van der Waals surface area contributed by atoms with E-state index in [0.717, 1.165) is 6.07 Å². The van der Waals surface area contributed by atoms with E-state index in [2.05, 4.69) is 0 Å². The number of hydrogen-bond donors (Lipinski definition) is 0. The standard InChI is InChI=1S/C11H10F3N3O2/c1-16(5-4-11(12,13)14)9-3-2-8(7-15)10(6-9)17(18)19/h2-3,6H,4-5H2,1H3. The van der Waals surface area contributed by atoms with Gasteiger partial charge >= 0.3 is 6.18 Å². The average molecular weight is 273 g/mol. The third-order valence-corrected chi connectivity index (χ3v) is 2.47. The predicted molar refractivity (Wildman–Crippen MR) is 61.8 cm³/mol. The highest BCUT2D eigenvalue weighted by molar-refractivity contribution is 5.60. The van der Waals surface area contributed by atoms with Crippen molar-refractivity contribution in [1.82, 2.24) is 0 Å². The van der Waals surface area contributed by atoms with Gasteiger partial charge in [-0.05, 0) is 12.1 Å². The molecule has 1 aromatic carbocycles. The Morgan fingerprint density at radius 1 is 1.47 bits per heavy atom. The van der Waals surface area contributed by atoms with Crippen molar-refractivity contribution in [2.24, 2.45) is 0 Å². The van der Waals surface area contributed by atoms with E-state index in [1.807, 2.05) is 0 Å². The van der Waals surface area contributed by atoms with Gasteiger partial charge in [-0.25, -0.2) is 0 Å². The molecule has 0 aliphatic rings. The smallest absolute Gasteiger partial charge is 0.374 e. The number of hydrogen-bond acceptors (Lipinski definition) is 4. The number of nitro groups is 1. The van der Waals surface area contributed by atoms with Crippen LogP contribution in [-0.2, 0) is 0 Å². The summed E-state index contributed by atoms with van der Waals surface area (Å²) in [4.78, 5) is 11.2. The van der Waals surface area contributed by atoms with Gasteiger partial charge in [0.15, 0.2) is 0 Å². The molecule has 8 heteroatoms. The van der Waals surface area contributed by atoms with Gasteiger partial charge < -0.3 is 4.90 Å². The molecule has 0 aromatic heterocycles. The molecule has 0 spiro atoms. The molecule has 1 aromatic rings. The van der Waals surface area contributed by atoms with E-state index in [9.17, 15) is 23.3 Å². The Hall–Kier alpha value is -2.30. The quantitative estimate of drug-likeness (QED) is 0.624. The van der Waals surface area contributed by atoms with Gasteiger partial charge in [0, 0.05) is 25.3 Å². The summed E-state index contributed by atoms with van der Waals surface area (Å²) in [5.74, 6) is 0. The summed E-state index contributed by atoms with van der Waals surface area (Å²) in [6.07, 6.45) is -5.30. The Morgan fingerprint density at radius 3 is 2.58 bits per heavy atom. The first-order valence-electron chi connectivity index (χ1n) is 5.21. The topological polar surface area (TPSA) is 70.2 Å². The number of benzene rings is 1. The van der Waals surface area contributed by atoms with Crippen LogP contribution >= 0.6 is 0 Å². The van der Waals surface area contributed by atoms with Gasteiger partial charge in [-0.1, -0.05) is 0 Å². The van der Waals surface area contributed by atoms with Crippen molar-refractivity contribution in [2.45, 2.75) is 12.6 Å². The van der Waals surface area contributed by atoms with E-state index in [4.69, 9.17) is 5.26 Å². The largest absolute Gasteiger partial charge is 0.390 e. The molecule has 0 radical (unpaired) electrons. The van der Waals surface area contributed by atoms with Crippen LogP contribution in [0.1, 0.15) is 12.0 Å². The highest BCUT2D eigenvalue weighted by atomic mass is 19.4. The second kappa shape index (κ2) is 5.56. The molecule has 0 saturated heterocycles. The molecule has 0 aliphatic heterocycles. The highest BCUT2D eigenvalue weighted by Crippen LogP contribution is 2.26. The molecule has 0 N–H and O–H groups in total. The summed E-state index contributed by atoms with van der Waals surface area (Å²) in [7, 11) is 1.40. The molecule has 0 heterocycles. The normalized spacial score (nSPS) is 10.9. The maximum Gasteiger partial charge on any atom is 0.390 e. The summed E-state index contributed by atoms with van der Waals surface area (Å²) < 4.78 is 36.2. The Morgan fingerprint density at radius 2 is 2.11 bits per heavy atom. The van der Waals surface area contributed by atoms with E-state index in [1.165, 1.54) is 24.1 Å². The number of anilines is 1. The number of halogens is 3. The summed E-state index contributed by atoms with van der Waals surface area (Å²) in [6.45, 7) is -0.313. The number of nitriles is 1. The lowest BCUT2D eigenvalue weighted by molar-refractivity contribution is -0.385. The number of alkyl halides is 3. The number of rotatable bonds is 4. The van der Waals surface area contributed by atoms with Crippen LogP contribution in [0.25, 0.3) is 0 Å². The van der Waals surface area contributed by atoms with E-state index in [-0.39, 0.29) is 17.8 Å². The zero-order valence-electron chi connectivity index (χ0n) is 9.94. The molecule has 19 heavy (non-hydrogen) atoms. The summed E-state index contributed by atoms with van der Waals surface area (Å²) in [5.41, 5.74) is -0.285. The molecule has 0 aliphatic carbocycles. The van der Waals surface area contributed by atoms with Gasteiger partial charge in [-0.15, -0.1) is 0 Å². The Kier molecular flexibility index (Phi) is 4.32. The van der Waals surface area contributed by atoms with Crippen molar-refractivity contribution >= 4 is 11.4 Å². The van der Waals surface area contributed by atoms with Crippen LogP contribution in [0.15, 0.2) is 18.2 Å². The predicted octanol–water partition coefficient (Wildman–Crippen LogP) is 2.86. The van der Waals surface area contributed by atoms with Crippen LogP contribution in [0, 0.1) is 21.4 Å². The first kappa shape index (κ1) is 14.8. The Labute approximate surface area is 107 Å². The number of nitro benzene ring substituents is 1. The van der Waals surface area contributed by atoms with Gasteiger partial charge in [0.1, 0.15) is 11.6 Å². The molecule has 5 nitrogen and oxygen atoms in total. The minimum Gasteiger partial charge on any atom is -0.374 e. The first-order valence-corrected chi connectivity index (χ1v) is 5.21. The Bertz CT molecular complexity index is 523.